The van der Waals surface area contributed by atoms with Crippen LogP contribution in [0, 0.1) is 5.82 Å². The first-order valence-electron chi connectivity index (χ1n) is 5.56. The van der Waals surface area contributed by atoms with Gasteiger partial charge in [-0.2, -0.15) is 8.78 Å². The van der Waals surface area contributed by atoms with Crippen LogP contribution >= 0.6 is 0 Å². The Bertz CT molecular complexity index is 458. The highest BCUT2D eigenvalue weighted by Gasteiger charge is 2.13. The van der Waals surface area contributed by atoms with E-state index in [1.54, 1.807) is 6.92 Å². The summed E-state index contributed by atoms with van der Waals surface area (Å²) in [5, 5.41) is 2.81. The molecule has 0 amide bonds. The summed E-state index contributed by atoms with van der Waals surface area (Å²) >= 11 is 0. The predicted octanol–water partition coefficient (Wildman–Crippen LogP) is 2.19. The van der Waals surface area contributed by atoms with Crippen LogP contribution in [0.4, 0.5) is 24.5 Å². The zero-order chi connectivity index (χ0) is 14.4. The van der Waals surface area contributed by atoms with Crippen molar-refractivity contribution < 1.29 is 22.1 Å². The van der Waals surface area contributed by atoms with E-state index in [9.17, 15) is 17.4 Å². The van der Waals surface area contributed by atoms with Gasteiger partial charge in [0.2, 0.25) is 0 Å². The zero-order valence-electron chi connectivity index (χ0n) is 10.3. The van der Waals surface area contributed by atoms with E-state index >= 15 is 0 Å². The lowest BCUT2D eigenvalue weighted by molar-refractivity contribution is -0.0521. The SMILES string of the molecule is CCS(=O)CCNc1cc(OC(F)F)c(F)cc1N. The minimum absolute atomic E-state index is 0.0707. The molecule has 0 radical (unpaired) electrons. The molecule has 1 aromatic carbocycles. The van der Waals surface area contributed by atoms with Gasteiger partial charge in [0.05, 0.1) is 11.4 Å². The zero-order valence-corrected chi connectivity index (χ0v) is 11.1. The molecule has 0 heterocycles. The van der Waals surface area contributed by atoms with Gasteiger partial charge in [0, 0.05) is 41.0 Å². The van der Waals surface area contributed by atoms with Gasteiger partial charge in [0.15, 0.2) is 11.6 Å². The fourth-order valence-corrected chi connectivity index (χ4v) is 1.97. The van der Waals surface area contributed by atoms with Crippen molar-refractivity contribution in [2.45, 2.75) is 13.5 Å². The molecule has 1 unspecified atom stereocenters. The van der Waals surface area contributed by atoms with E-state index < -0.39 is 29.0 Å². The molecule has 0 spiro atoms. The summed E-state index contributed by atoms with van der Waals surface area (Å²) in [6, 6.07) is 1.96. The second-order valence-corrected chi connectivity index (χ2v) is 5.47. The second kappa shape index (κ2) is 7.22. The number of nitrogen functional groups attached to an aromatic ring is 1. The average molecular weight is 296 g/mol. The Kier molecular flexibility index (Phi) is 5.94. The number of anilines is 2. The molecule has 0 aliphatic carbocycles. The molecular weight excluding hydrogens is 281 g/mol. The highest BCUT2D eigenvalue weighted by Crippen LogP contribution is 2.29. The van der Waals surface area contributed by atoms with Gasteiger partial charge in [-0.3, -0.25) is 4.21 Å². The van der Waals surface area contributed by atoms with E-state index in [1.807, 2.05) is 0 Å². The molecule has 1 aromatic rings. The molecule has 3 N–H and O–H groups in total. The van der Waals surface area contributed by atoms with Gasteiger partial charge >= 0.3 is 6.61 Å². The fraction of sp³-hybridized carbons (Fsp3) is 0.455. The number of ether oxygens (including phenoxy) is 1. The normalized spacial score (nSPS) is 12.5. The van der Waals surface area contributed by atoms with Crippen molar-refractivity contribution in [3.63, 3.8) is 0 Å². The number of rotatable bonds is 7. The van der Waals surface area contributed by atoms with E-state index in [2.05, 4.69) is 10.1 Å². The Labute approximate surface area is 111 Å². The molecule has 4 nitrogen and oxygen atoms in total. The molecular formula is C11H15F3N2O2S. The monoisotopic (exact) mass is 296 g/mol. The van der Waals surface area contributed by atoms with Crippen LogP contribution in [-0.2, 0) is 10.8 Å². The Morgan fingerprint density at radius 2 is 2.16 bits per heavy atom. The van der Waals surface area contributed by atoms with Crippen LogP contribution in [0.25, 0.3) is 0 Å². The van der Waals surface area contributed by atoms with Crippen molar-refractivity contribution in [3.05, 3.63) is 17.9 Å². The van der Waals surface area contributed by atoms with Crippen LogP contribution in [0.15, 0.2) is 12.1 Å². The van der Waals surface area contributed by atoms with Crippen molar-refractivity contribution in [3.8, 4) is 5.75 Å². The highest BCUT2D eigenvalue weighted by molar-refractivity contribution is 7.84. The second-order valence-electron chi connectivity index (χ2n) is 3.61. The van der Waals surface area contributed by atoms with Gasteiger partial charge in [-0.05, 0) is 0 Å². The molecule has 8 heteroatoms. The lowest BCUT2D eigenvalue weighted by atomic mass is 10.2. The van der Waals surface area contributed by atoms with Gasteiger partial charge in [0.1, 0.15) is 0 Å². The van der Waals surface area contributed by atoms with Crippen molar-refractivity contribution in [2.75, 3.05) is 29.1 Å². The Balaban J connectivity index is 2.74. The van der Waals surface area contributed by atoms with Crippen molar-refractivity contribution >= 4 is 22.2 Å². The third-order valence-corrected chi connectivity index (χ3v) is 3.59. The van der Waals surface area contributed by atoms with E-state index in [4.69, 9.17) is 5.73 Å². The van der Waals surface area contributed by atoms with Gasteiger partial charge in [-0.1, -0.05) is 6.92 Å². The van der Waals surface area contributed by atoms with Crippen molar-refractivity contribution in [1.29, 1.82) is 0 Å². The van der Waals surface area contributed by atoms with Crippen LogP contribution in [0.2, 0.25) is 0 Å². The number of hydrogen-bond donors (Lipinski definition) is 2. The molecule has 0 saturated carbocycles. The smallest absolute Gasteiger partial charge is 0.387 e. The maximum Gasteiger partial charge on any atom is 0.387 e. The van der Waals surface area contributed by atoms with E-state index in [1.165, 1.54) is 0 Å². The number of alkyl halides is 2. The van der Waals surface area contributed by atoms with Crippen LogP contribution in [0.3, 0.4) is 0 Å². The number of hydrogen-bond acceptors (Lipinski definition) is 4. The van der Waals surface area contributed by atoms with E-state index in [-0.39, 0.29) is 11.4 Å². The lowest BCUT2D eigenvalue weighted by Crippen LogP contribution is -2.13. The van der Waals surface area contributed by atoms with Crippen molar-refractivity contribution in [2.24, 2.45) is 0 Å². The molecule has 0 bridgehead atoms. The topological polar surface area (TPSA) is 64.3 Å². The van der Waals surface area contributed by atoms with Crippen LogP contribution in [-0.4, -0.2) is 28.9 Å². The molecule has 0 aliphatic rings. The summed E-state index contributed by atoms with van der Waals surface area (Å²) < 4.78 is 52.6. The number of benzene rings is 1. The molecule has 0 aliphatic heterocycles. The molecule has 19 heavy (non-hydrogen) atoms. The van der Waals surface area contributed by atoms with Gasteiger partial charge in [-0.15, -0.1) is 0 Å². The maximum atomic E-state index is 13.3. The van der Waals surface area contributed by atoms with Gasteiger partial charge in [-0.25, -0.2) is 4.39 Å². The predicted molar refractivity (Wildman–Crippen MR) is 69.5 cm³/mol. The number of halogens is 3. The Morgan fingerprint density at radius 3 is 2.74 bits per heavy atom. The third kappa shape index (κ3) is 4.98. The number of nitrogens with two attached hydrogens (primary N) is 1. The van der Waals surface area contributed by atoms with E-state index in [0.717, 1.165) is 12.1 Å². The molecule has 1 rings (SSSR count). The average Bonchev–Trinajstić information content (AvgIpc) is 2.33. The van der Waals surface area contributed by atoms with Crippen LogP contribution in [0.5, 0.6) is 5.75 Å². The first kappa shape index (κ1) is 15.6. The highest BCUT2D eigenvalue weighted by atomic mass is 32.2. The first-order chi connectivity index (χ1) is 8.93. The van der Waals surface area contributed by atoms with E-state index in [0.29, 0.717) is 18.1 Å². The summed E-state index contributed by atoms with van der Waals surface area (Å²) in [7, 11) is -0.955. The van der Waals surface area contributed by atoms with Gasteiger partial charge in [0.25, 0.3) is 0 Å². The lowest BCUT2D eigenvalue weighted by Gasteiger charge is -2.12. The van der Waals surface area contributed by atoms with Crippen LogP contribution in [0.1, 0.15) is 6.92 Å². The summed E-state index contributed by atoms with van der Waals surface area (Å²) in [6.07, 6.45) is 0. The first-order valence-corrected chi connectivity index (χ1v) is 7.05. The molecule has 0 aromatic heterocycles. The Hall–Kier alpha value is -1.44. The minimum atomic E-state index is -3.11. The third-order valence-electron chi connectivity index (χ3n) is 2.29. The maximum absolute atomic E-state index is 13.3. The van der Waals surface area contributed by atoms with Crippen molar-refractivity contribution in [1.82, 2.24) is 0 Å². The molecule has 1 atom stereocenters. The van der Waals surface area contributed by atoms with Crippen LogP contribution < -0.4 is 15.8 Å². The summed E-state index contributed by atoms with van der Waals surface area (Å²) in [5.74, 6) is -0.623. The fourth-order valence-electron chi connectivity index (χ4n) is 1.35. The summed E-state index contributed by atoms with van der Waals surface area (Å²) in [4.78, 5) is 0. The number of nitrogens with one attached hydrogen (secondary N) is 1. The molecule has 108 valence electrons. The quantitative estimate of drug-likeness (QED) is 0.757. The Morgan fingerprint density at radius 1 is 1.47 bits per heavy atom. The summed E-state index contributed by atoms with van der Waals surface area (Å²) in [6.45, 7) is -0.986. The van der Waals surface area contributed by atoms with Gasteiger partial charge < -0.3 is 15.8 Å². The standard InChI is InChI=1S/C11H15F3N2O2S/c1-2-19(17)4-3-16-9-6-10(18-11(13)14)7(12)5-8(9)15/h5-6,11,16H,2-4,15H2,1H3. The largest absolute Gasteiger partial charge is 0.432 e. The molecule has 0 fully saturated rings. The minimum Gasteiger partial charge on any atom is -0.432 e. The summed E-state index contributed by atoms with van der Waals surface area (Å²) in [5.41, 5.74) is 5.89. The molecule has 0 saturated heterocycles.